The number of aliphatic carboxylic acids is 1. The Morgan fingerprint density at radius 1 is 1.50 bits per heavy atom. The summed E-state index contributed by atoms with van der Waals surface area (Å²) in [6, 6.07) is -0.532. The van der Waals surface area contributed by atoms with Gasteiger partial charge in [0.25, 0.3) is 0 Å². The molecule has 0 aromatic carbocycles. The molecule has 6 nitrogen and oxygen atoms in total. The van der Waals surface area contributed by atoms with E-state index >= 15 is 0 Å². The average molecular weight is 255 g/mol. The van der Waals surface area contributed by atoms with Crippen molar-refractivity contribution in [2.24, 2.45) is 0 Å². The summed E-state index contributed by atoms with van der Waals surface area (Å²) in [4.78, 5) is 17.0. The molecule has 1 N–H and O–H groups in total. The topological polar surface area (TPSA) is 79.5 Å². The standard InChI is InChI=1S/C12H21N3O3/c1-6-8(10(16)17)15(5)7-9-13-11(14-18-9)12(2,3)4/h8H,6-7H2,1-5H3,(H,16,17). The van der Waals surface area contributed by atoms with Crippen LogP contribution in [0.5, 0.6) is 0 Å². The van der Waals surface area contributed by atoms with E-state index in [1.807, 2.05) is 27.7 Å². The van der Waals surface area contributed by atoms with Crippen molar-refractivity contribution < 1.29 is 14.4 Å². The van der Waals surface area contributed by atoms with Gasteiger partial charge < -0.3 is 9.63 Å². The number of hydrogen-bond acceptors (Lipinski definition) is 5. The lowest BCUT2D eigenvalue weighted by molar-refractivity contribution is -0.143. The molecule has 0 radical (unpaired) electrons. The van der Waals surface area contributed by atoms with E-state index in [4.69, 9.17) is 9.63 Å². The third kappa shape index (κ3) is 3.53. The Morgan fingerprint density at radius 3 is 2.50 bits per heavy atom. The molecule has 1 atom stereocenters. The molecule has 0 saturated heterocycles. The predicted octanol–water partition coefficient (Wildman–Crippen LogP) is 1.66. The van der Waals surface area contributed by atoms with Gasteiger partial charge in [0.2, 0.25) is 5.89 Å². The molecule has 0 spiro atoms. The molecule has 0 aliphatic carbocycles. The Balaban J connectivity index is 2.73. The molecule has 6 heteroatoms. The molecule has 0 saturated carbocycles. The van der Waals surface area contributed by atoms with Crippen molar-refractivity contribution in [3.8, 4) is 0 Å². The average Bonchev–Trinajstić information content (AvgIpc) is 2.65. The number of nitrogens with zero attached hydrogens (tertiary/aromatic N) is 3. The first-order valence-electron chi connectivity index (χ1n) is 6.01. The Labute approximate surface area is 107 Å². The van der Waals surface area contributed by atoms with Crippen molar-refractivity contribution in [2.75, 3.05) is 7.05 Å². The molecule has 0 aliphatic rings. The maximum atomic E-state index is 11.0. The van der Waals surface area contributed by atoms with Crippen molar-refractivity contribution in [1.29, 1.82) is 0 Å². The highest BCUT2D eigenvalue weighted by molar-refractivity contribution is 5.73. The van der Waals surface area contributed by atoms with E-state index in [0.717, 1.165) is 0 Å². The van der Waals surface area contributed by atoms with Crippen LogP contribution in [0, 0.1) is 0 Å². The smallest absolute Gasteiger partial charge is 0.320 e. The normalized spacial score (nSPS) is 13.9. The first-order valence-corrected chi connectivity index (χ1v) is 6.01. The molecule has 102 valence electrons. The van der Waals surface area contributed by atoms with Gasteiger partial charge in [0.05, 0.1) is 6.54 Å². The van der Waals surface area contributed by atoms with Gasteiger partial charge in [0, 0.05) is 5.41 Å². The Bertz CT molecular complexity index is 409. The van der Waals surface area contributed by atoms with Crippen molar-refractivity contribution >= 4 is 5.97 Å². The molecule has 1 aromatic heterocycles. The minimum absolute atomic E-state index is 0.169. The van der Waals surface area contributed by atoms with Gasteiger partial charge in [-0.25, -0.2) is 0 Å². The number of hydrogen-bond donors (Lipinski definition) is 1. The molecule has 0 fully saturated rings. The molecule has 18 heavy (non-hydrogen) atoms. The first kappa shape index (κ1) is 14.6. The van der Waals surface area contributed by atoms with Crippen LogP contribution in [0.25, 0.3) is 0 Å². The van der Waals surface area contributed by atoms with E-state index in [0.29, 0.717) is 24.7 Å². The third-order valence-electron chi connectivity index (χ3n) is 2.73. The van der Waals surface area contributed by atoms with Crippen LogP contribution in [0.1, 0.15) is 45.8 Å². The molecular weight excluding hydrogens is 234 g/mol. The summed E-state index contributed by atoms with van der Waals surface area (Å²) in [5.74, 6) is 0.243. The lowest BCUT2D eigenvalue weighted by atomic mass is 9.96. The van der Waals surface area contributed by atoms with Crippen LogP contribution in [0.15, 0.2) is 4.52 Å². The first-order chi connectivity index (χ1) is 8.25. The zero-order chi connectivity index (χ0) is 13.9. The molecule has 0 amide bonds. The van der Waals surface area contributed by atoms with E-state index in [9.17, 15) is 4.79 Å². The fourth-order valence-electron chi connectivity index (χ4n) is 1.62. The number of rotatable bonds is 5. The highest BCUT2D eigenvalue weighted by Crippen LogP contribution is 2.19. The van der Waals surface area contributed by atoms with Gasteiger partial charge in [0.15, 0.2) is 5.82 Å². The molecule has 1 aromatic rings. The highest BCUT2D eigenvalue weighted by atomic mass is 16.5. The van der Waals surface area contributed by atoms with Crippen LogP contribution in [-0.2, 0) is 16.8 Å². The molecule has 1 rings (SSSR count). The maximum absolute atomic E-state index is 11.0. The van der Waals surface area contributed by atoms with Gasteiger partial charge in [-0.3, -0.25) is 9.69 Å². The summed E-state index contributed by atoms with van der Waals surface area (Å²) >= 11 is 0. The van der Waals surface area contributed by atoms with Gasteiger partial charge in [-0.15, -0.1) is 0 Å². The minimum atomic E-state index is -0.837. The lowest BCUT2D eigenvalue weighted by Crippen LogP contribution is -2.37. The predicted molar refractivity (Wildman–Crippen MR) is 66.2 cm³/mol. The number of carboxylic acid groups (broad SMARTS) is 1. The monoisotopic (exact) mass is 255 g/mol. The van der Waals surface area contributed by atoms with Crippen molar-refractivity contribution in [3.05, 3.63) is 11.7 Å². The summed E-state index contributed by atoms with van der Waals surface area (Å²) in [6.07, 6.45) is 0.534. The summed E-state index contributed by atoms with van der Waals surface area (Å²) in [5.41, 5.74) is -0.169. The Hall–Kier alpha value is -1.43. The number of likely N-dealkylation sites (N-methyl/N-ethyl adjacent to an activating group) is 1. The van der Waals surface area contributed by atoms with E-state index in [-0.39, 0.29) is 5.41 Å². The summed E-state index contributed by atoms with van der Waals surface area (Å²) in [5, 5.41) is 13.0. The fourth-order valence-corrected chi connectivity index (χ4v) is 1.62. The molecule has 0 aliphatic heterocycles. The van der Waals surface area contributed by atoms with E-state index in [2.05, 4.69) is 10.1 Å². The summed E-state index contributed by atoms with van der Waals surface area (Å²) in [7, 11) is 1.74. The van der Waals surface area contributed by atoms with Crippen molar-refractivity contribution in [1.82, 2.24) is 15.0 Å². The van der Waals surface area contributed by atoms with Gasteiger partial charge in [0.1, 0.15) is 6.04 Å². The highest BCUT2D eigenvalue weighted by Gasteiger charge is 2.24. The summed E-state index contributed by atoms with van der Waals surface area (Å²) < 4.78 is 5.14. The van der Waals surface area contributed by atoms with Crippen LogP contribution < -0.4 is 0 Å². The van der Waals surface area contributed by atoms with Gasteiger partial charge in [-0.1, -0.05) is 32.9 Å². The second-order valence-corrected chi connectivity index (χ2v) is 5.44. The molecular formula is C12H21N3O3. The fraction of sp³-hybridized carbons (Fsp3) is 0.750. The quantitative estimate of drug-likeness (QED) is 0.862. The van der Waals surface area contributed by atoms with Crippen LogP contribution in [0.2, 0.25) is 0 Å². The van der Waals surface area contributed by atoms with Gasteiger partial charge in [-0.05, 0) is 13.5 Å². The zero-order valence-electron chi connectivity index (χ0n) is 11.6. The van der Waals surface area contributed by atoms with Crippen molar-refractivity contribution in [3.63, 3.8) is 0 Å². The Morgan fingerprint density at radius 2 is 2.11 bits per heavy atom. The lowest BCUT2D eigenvalue weighted by Gasteiger charge is -2.21. The number of carbonyl (C=O) groups is 1. The van der Waals surface area contributed by atoms with Crippen LogP contribution in [-0.4, -0.2) is 39.2 Å². The molecule has 1 unspecified atom stereocenters. The molecule has 0 bridgehead atoms. The van der Waals surface area contributed by atoms with Crippen LogP contribution >= 0.6 is 0 Å². The van der Waals surface area contributed by atoms with Crippen LogP contribution in [0.3, 0.4) is 0 Å². The van der Waals surface area contributed by atoms with Crippen LogP contribution in [0.4, 0.5) is 0 Å². The van der Waals surface area contributed by atoms with Gasteiger partial charge >= 0.3 is 5.97 Å². The second-order valence-electron chi connectivity index (χ2n) is 5.44. The third-order valence-corrected chi connectivity index (χ3v) is 2.73. The zero-order valence-corrected chi connectivity index (χ0v) is 11.6. The number of aromatic nitrogens is 2. The van der Waals surface area contributed by atoms with E-state index in [1.165, 1.54) is 0 Å². The largest absolute Gasteiger partial charge is 0.480 e. The summed E-state index contributed by atoms with van der Waals surface area (Å²) in [6.45, 7) is 8.17. The maximum Gasteiger partial charge on any atom is 0.320 e. The minimum Gasteiger partial charge on any atom is -0.480 e. The number of carboxylic acids is 1. The van der Waals surface area contributed by atoms with E-state index in [1.54, 1.807) is 11.9 Å². The molecule has 1 heterocycles. The Kier molecular flexibility index (Phi) is 4.45. The van der Waals surface area contributed by atoms with Crippen molar-refractivity contribution in [2.45, 2.75) is 52.1 Å². The SMILES string of the molecule is CCC(C(=O)O)N(C)Cc1nc(C(C)(C)C)no1. The van der Waals surface area contributed by atoms with Gasteiger partial charge in [-0.2, -0.15) is 4.98 Å². The second kappa shape index (κ2) is 5.48. The van der Waals surface area contributed by atoms with E-state index < -0.39 is 12.0 Å².